The summed E-state index contributed by atoms with van der Waals surface area (Å²) >= 11 is 0. The average Bonchev–Trinajstić information content (AvgIpc) is 2.44. The minimum absolute atomic E-state index is 0. The second-order valence-corrected chi connectivity index (χ2v) is 5.79. The van der Waals surface area contributed by atoms with E-state index in [1.807, 2.05) is 6.92 Å². The summed E-state index contributed by atoms with van der Waals surface area (Å²) in [4.78, 5) is 27.9. The smallest absolute Gasteiger partial charge is 0.223 e. The average molecular weight is 326 g/mol. The number of aromatic nitrogens is 1. The number of rotatable bonds is 4. The molecule has 0 radical (unpaired) electrons. The Hall–Kier alpha value is -1.46. The van der Waals surface area contributed by atoms with Crippen LogP contribution < -0.4 is 10.6 Å². The maximum absolute atomic E-state index is 12.2. The van der Waals surface area contributed by atoms with E-state index in [2.05, 4.69) is 22.5 Å². The number of carbonyl (C=O) groups excluding carboxylic acids is 2. The number of aryl methyl sites for hydroxylation is 1. The molecular formula is C16H24ClN3O2. The zero-order valence-electron chi connectivity index (χ0n) is 13.3. The third kappa shape index (κ3) is 4.78. The van der Waals surface area contributed by atoms with Gasteiger partial charge in [-0.05, 0) is 52.3 Å². The number of halogens is 1. The first-order valence-corrected chi connectivity index (χ1v) is 7.46. The van der Waals surface area contributed by atoms with Crippen LogP contribution in [0, 0.1) is 12.8 Å². The van der Waals surface area contributed by atoms with Gasteiger partial charge < -0.3 is 10.6 Å². The standard InChI is InChI=1S/C16H23N3O2.ClH/c1-10-8-13(6-7-17-10)16(21)18-9-14-4-5-15(12(3)20)11(2)19-14;/h4-5,10,13,17H,6-9H2,1-3H3,(H,18,21);1H/t10-,13-;/m0./s1. The molecule has 2 N–H and O–H groups in total. The molecule has 0 spiro atoms. The lowest BCUT2D eigenvalue weighted by Gasteiger charge is -2.27. The predicted molar refractivity (Wildman–Crippen MR) is 88.3 cm³/mol. The fraction of sp³-hybridized carbons (Fsp3) is 0.562. The lowest BCUT2D eigenvalue weighted by Crippen LogP contribution is -2.42. The van der Waals surface area contributed by atoms with Gasteiger partial charge in [-0.2, -0.15) is 0 Å². The molecule has 1 aromatic heterocycles. The first kappa shape index (κ1) is 18.6. The third-order valence-electron chi connectivity index (χ3n) is 3.96. The van der Waals surface area contributed by atoms with Crippen LogP contribution in [0.15, 0.2) is 12.1 Å². The second-order valence-electron chi connectivity index (χ2n) is 5.79. The van der Waals surface area contributed by atoms with Gasteiger partial charge in [0.15, 0.2) is 5.78 Å². The van der Waals surface area contributed by atoms with E-state index in [1.54, 1.807) is 12.1 Å². The van der Waals surface area contributed by atoms with Gasteiger partial charge in [-0.3, -0.25) is 14.6 Å². The van der Waals surface area contributed by atoms with Crippen LogP contribution in [0.4, 0.5) is 0 Å². The number of piperidine rings is 1. The molecule has 0 bridgehead atoms. The van der Waals surface area contributed by atoms with Crippen molar-refractivity contribution in [2.75, 3.05) is 6.54 Å². The van der Waals surface area contributed by atoms with Gasteiger partial charge in [0.2, 0.25) is 5.91 Å². The summed E-state index contributed by atoms with van der Waals surface area (Å²) < 4.78 is 0. The molecule has 5 nitrogen and oxygen atoms in total. The normalized spacial score (nSPS) is 20.9. The van der Waals surface area contributed by atoms with Crippen molar-refractivity contribution in [3.05, 3.63) is 29.1 Å². The summed E-state index contributed by atoms with van der Waals surface area (Å²) in [7, 11) is 0. The maximum atomic E-state index is 12.2. The third-order valence-corrected chi connectivity index (χ3v) is 3.96. The number of ketones is 1. The molecule has 0 saturated carbocycles. The quantitative estimate of drug-likeness (QED) is 0.831. The summed E-state index contributed by atoms with van der Waals surface area (Å²) in [6, 6.07) is 3.97. The number of hydrogen-bond acceptors (Lipinski definition) is 4. The molecule has 1 aromatic rings. The highest BCUT2D eigenvalue weighted by Gasteiger charge is 2.24. The van der Waals surface area contributed by atoms with Gasteiger partial charge in [-0.1, -0.05) is 0 Å². The molecule has 2 rings (SSSR count). The van der Waals surface area contributed by atoms with Crippen LogP contribution in [0.2, 0.25) is 0 Å². The number of Topliss-reactive ketones (excluding diaryl/α,β-unsaturated/α-hetero) is 1. The van der Waals surface area contributed by atoms with Crippen LogP contribution in [0.3, 0.4) is 0 Å². The van der Waals surface area contributed by atoms with Crippen molar-refractivity contribution in [1.29, 1.82) is 0 Å². The fourth-order valence-corrected chi connectivity index (χ4v) is 2.78. The Kier molecular flexibility index (Phi) is 6.97. The highest BCUT2D eigenvalue weighted by molar-refractivity contribution is 5.95. The minimum atomic E-state index is 0. The topological polar surface area (TPSA) is 71.1 Å². The van der Waals surface area contributed by atoms with Crippen molar-refractivity contribution < 1.29 is 9.59 Å². The SMILES string of the molecule is CC(=O)c1ccc(CNC(=O)[C@H]2CCN[C@@H](C)C2)nc1C.Cl. The van der Waals surface area contributed by atoms with E-state index in [1.165, 1.54) is 6.92 Å². The highest BCUT2D eigenvalue weighted by atomic mass is 35.5. The van der Waals surface area contributed by atoms with Crippen molar-refractivity contribution in [2.45, 2.75) is 46.2 Å². The monoisotopic (exact) mass is 325 g/mol. The number of hydrogen-bond donors (Lipinski definition) is 2. The van der Waals surface area contributed by atoms with E-state index in [0.29, 0.717) is 23.8 Å². The Morgan fingerprint density at radius 2 is 2.14 bits per heavy atom. The number of nitrogens with one attached hydrogen (secondary N) is 2. The van der Waals surface area contributed by atoms with Gasteiger partial charge in [-0.15, -0.1) is 12.4 Å². The highest BCUT2D eigenvalue weighted by Crippen LogP contribution is 2.16. The molecule has 122 valence electrons. The van der Waals surface area contributed by atoms with E-state index in [4.69, 9.17) is 0 Å². The molecule has 0 aliphatic carbocycles. The summed E-state index contributed by atoms with van der Waals surface area (Å²) in [5.41, 5.74) is 2.13. The summed E-state index contributed by atoms with van der Waals surface area (Å²) in [6.45, 7) is 6.76. The lowest BCUT2D eigenvalue weighted by atomic mass is 9.92. The van der Waals surface area contributed by atoms with Gasteiger partial charge in [-0.25, -0.2) is 0 Å². The van der Waals surface area contributed by atoms with E-state index in [-0.39, 0.29) is 30.0 Å². The first-order chi connectivity index (χ1) is 9.97. The van der Waals surface area contributed by atoms with Gasteiger partial charge >= 0.3 is 0 Å². The fourth-order valence-electron chi connectivity index (χ4n) is 2.78. The largest absolute Gasteiger partial charge is 0.350 e. The molecule has 2 atom stereocenters. The molecule has 1 aliphatic heterocycles. The van der Waals surface area contributed by atoms with Crippen LogP contribution in [-0.2, 0) is 11.3 Å². The molecule has 1 amide bonds. The number of carbonyl (C=O) groups is 2. The van der Waals surface area contributed by atoms with Crippen LogP contribution in [-0.4, -0.2) is 29.3 Å². The second kappa shape index (κ2) is 8.25. The Balaban J connectivity index is 0.00000242. The predicted octanol–water partition coefficient (Wildman–Crippen LogP) is 2.02. The van der Waals surface area contributed by atoms with Crippen molar-refractivity contribution in [2.24, 2.45) is 5.92 Å². The molecule has 22 heavy (non-hydrogen) atoms. The molecule has 0 unspecified atom stereocenters. The van der Waals surface area contributed by atoms with Crippen LogP contribution in [0.1, 0.15) is 48.4 Å². The van der Waals surface area contributed by atoms with Crippen LogP contribution in [0.25, 0.3) is 0 Å². The summed E-state index contributed by atoms with van der Waals surface area (Å²) in [5, 5.41) is 6.29. The first-order valence-electron chi connectivity index (χ1n) is 7.46. The van der Waals surface area contributed by atoms with E-state index in [0.717, 1.165) is 25.1 Å². The van der Waals surface area contributed by atoms with Crippen molar-refractivity contribution in [3.8, 4) is 0 Å². The lowest BCUT2D eigenvalue weighted by molar-refractivity contribution is -0.126. The van der Waals surface area contributed by atoms with Gasteiger partial charge in [0.25, 0.3) is 0 Å². The van der Waals surface area contributed by atoms with Gasteiger partial charge in [0, 0.05) is 23.2 Å². The summed E-state index contributed by atoms with van der Waals surface area (Å²) in [5.74, 6) is 0.191. The van der Waals surface area contributed by atoms with E-state index < -0.39 is 0 Å². The van der Waals surface area contributed by atoms with Crippen molar-refractivity contribution in [3.63, 3.8) is 0 Å². The van der Waals surface area contributed by atoms with Crippen molar-refractivity contribution >= 4 is 24.1 Å². The minimum Gasteiger partial charge on any atom is -0.350 e. The molecule has 2 heterocycles. The zero-order valence-corrected chi connectivity index (χ0v) is 14.1. The summed E-state index contributed by atoms with van der Waals surface area (Å²) in [6.07, 6.45) is 1.76. The Labute approximate surface area is 137 Å². The number of pyridine rings is 1. The molecule has 1 aliphatic rings. The van der Waals surface area contributed by atoms with E-state index in [9.17, 15) is 9.59 Å². The number of amides is 1. The zero-order chi connectivity index (χ0) is 15.4. The molecule has 0 aromatic carbocycles. The maximum Gasteiger partial charge on any atom is 0.223 e. The molecule has 1 saturated heterocycles. The molecule has 1 fully saturated rings. The molecular weight excluding hydrogens is 302 g/mol. The van der Waals surface area contributed by atoms with Gasteiger partial charge in [0.05, 0.1) is 12.2 Å². The van der Waals surface area contributed by atoms with E-state index >= 15 is 0 Å². The Bertz CT molecular complexity index is 548. The van der Waals surface area contributed by atoms with Gasteiger partial charge in [0.1, 0.15) is 0 Å². The van der Waals surface area contributed by atoms with Crippen LogP contribution >= 0.6 is 12.4 Å². The van der Waals surface area contributed by atoms with Crippen LogP contribution in [0.5, 0.6) is 0 Å². The molecule has 6 heteroatoms. The Morgan fingerprint density at radius 1 is 1.41 bits per heavy atom. The Morgan fingerprint density at radius 3 is 2.73 bits per heavy atom. The number of nitrogens with zero attached hydrogens (tertiary/aromatic N) is 1. The van der Waals surface area contributed by atoms with Crippen molar-refractivity contribution in [1.82, 2.24) is 15.6 Å².